The highest BCUT2D eigenvalue weighted by Gasteiger charge is 1.89. The molecule has 0 unspecified atom stereocenters. The molecule has 0 aliphatic rings. The van der Waals surface area contributed by atoms with Crippen molar-refractivity contribution in [2.75, 3.05) is 5.43 Å². The Kier molecular flexibility index (Phi) is 3.18. The summed E-state index contributed by atoms with van der Waals surface area (Å²) >= 11 is 0. The molecule has 3 heteroatoms. The van der Waals surface area contributed by atoms with E-state index in [-0.39, 0.29) is 5.75 Å². The van der Waals surface area contributed by atoms with Crippen LogP contribution in [0, 0.1) is 0 Å². The number of hydrogen-bond acceptors (Lipinski definition) is 3. The Labute approximate surface area is 94.1 Å². The Hall–Kier alpha value is -2.29. The normalized spacial score (nSPS) is 10.5. The van der Waals surface area contributed by atoms with Crippen molar-refractivity contribution in [2.45, 2.75) is 0 Å². The molecule has 0 heterocycles. The van der Waals surface area contributed by atoms with Crippen molar-refractivity contribution < 1.29 is 5.11 Å². The van der Waals surface area contributed by atoms with Crippen molar-refractivity contribution >= 4 is 11.9 Å². The summed E-state index contributed by atoms with van der Waals surface area (Å²) in [5.41, 5.74) is 4.68. The van der Waals surface area contributed by atoms with E-state index in [1.807, 2.05) is 36.4 Å². The summed E-state index contributed by atoms with van der Waals surface area (Å²) in [6, 6.07) is 16.6. The Bertz CT molecular complexity index is 480. The predicted octanol–water partition coefficient (Wildman–Crippen LogP) is 2.84. The monoisotopic (exact) mass is 212 g/mol. The van der Waals surface area contributed by atoms with Crippen molar-refractivity contribution in [3.63, 3.8) is 0 Å². The van der Waals surface area contributed by atoms with Crippen LogP contribution in [0.1, 0.15) is 5.56 Å². The zero-order valence-corrected chi connectivity index (χ0v) is 8.67. The van der Waals surface area contributed by atoms with Crippen LogP contribution in [-0.4, -0.2) is 11.3 Å². The molecule has 0 spiro atoms. The Morgan fingerprint density at radius 3 is 2.56 bits per heavy atom. The highest BCUT2D eigenvalue weighted by Crippen LogP contribution is 2.09. The van der Waals surface area contributed by atoms with Crippen molar-refractivity contribution in [1.29, 1.82) is 0 Å². The van der Waals surface area contributed by atoms with Gasteiger partial charge in [0.2, 0.25) is 0 Å². The minimum Gasteiger partial charge on any atom is -0.508 e. The second-order valence-corrected chi connectivity index (χ2v) is 3.33. The molecule has 0 saturated heterocycles. The number of anilines is 1. The highest BCUT2D eigenvalue weighted by molar-refractivity contribution is 5.80. The number of nitrogens with zero attached hydrogens (tertiary/aromatic N) is 1. The maximum absolute atomic E-state index is 9.25. The zero-order valence-electron chi connectivity index (χ0n) is 8.67. The second-order valence-electron chi connectivity index (χ2n) is 3.33. The maximum atomic E-state index is 9.25. The molecule has 0 aromatic heterocycles. The van der Waals surface area contributed by atoms with E-state index < -0.39 is 0 Å². The van der Waals surface area contributed by atoms with Crippen molar-refractivity contribution in [1.82, 2.24) is 0 Å². The summed E-state index contributed by atoms with van der Waals surface area (Å²) in [7, 11) is 0. The highest BCUT2D eigenvalue weighted by atomic mass is 16.3. The minimum atomic E-state index is 0.240. The number of rotatable bonds is 3. The lowest BCUT2D eigenvalue weighted by Crippen LogP contribution is -1.89. The zero-order chi connectivity index (χ0) is 11.2. The fourth-order valence-electron chi connectivity index (χ4n) is 1.30. The molecule has 0 aliphatic heterocycles. The average Bonchev–Trinajstić information content (AvgIpc) is 2.30. The first kappa shape index (κ1) is 10.2. The molecule has 16 heavy (non-hydrogen) atoms. The van der Waals surface area contributed by atoms with Crippen molar-refractivity contribution in [3.05, 3.63) is 60.2 Å². The third kappa shape index (κ3) is 2.85. The van der Waals surface area contributed by atoms with Gasteiger partial charge in [-0.3, -0.25) is 5.43 Å². The van der Waals surface area contributed by atoms with Gasteiger partial charge in [0.1, 0.15) is 5.75 Å². The van der Waals surface area contributed by atoms with Crippen LogP contribution in [0.5, 0.6) is 5.75 Å². The molecule has 3 nitrogen and oxygen atoms in total. The number of benzene rings is 2. The maximum Gasteiger partial charge on any atom is 0.116 e. The first-order chi connectivity index (χ1) is 7.84. The number of aromatic hydroxyl groups is 1. The molecule has 0 amide bonds. The van der Waals surface area contributed by atoms with Crippen LogP contribution < -0.4 is 5.43 Å². The van der Waals surface area contributed by atoms with Crippen LogP contribution in [0.15, 0.2) is 59.7 Å². The van der Waals surface area contributed by atoms with Gasteiger partial charge in [-0.15, -0.1) is 0 Å². The number of phenolic OH excluding ortho intramolecular Hbond substituents is 1. The van der Waals surface area contributed by atoms with Crippen molar-refractivity contribution in [2.24, 2.45) is 5.10 Å². The van der Waals surface area contributed by atoms with Crippen LogP contribution in [-0.2, 0) is 0 Å². The van der Waals surface area contributed by atoms with Crippen LogP contribution >= 0.6 is 0 Å². The van der Waals surface area contributed by atoms with E-state index in [9.17, 15) is 5.11 Å². The summed E-state index contributed by atoms with van der Waals surface area (Å²) in [5.74, 6) is 0.240. The molecule has 0 saturated carbocycles. The summed E-state index contributed by atoms with van der Waals surface area (Å²) in [5, 5.41) is 13.3. The van der Waals surface area contributed by atoms with Crippen LogP contribution in [0.25, 0.3) is 0 Å². The molecule has 2 aromatic carbocycles. The molecular weight excluding hydrogens is 200 g/mol. The van der Waals surface area contributed by atoms with E-state index in [2.05, 4.69) is 10.5 Å². The van der Waals surface area contributed by atoms with E-state index in [1.54, 1.807) is 24.4 Å². The fourth-order valence-corrected chi connectivity index (χ4v) is 1.30. The summed E-state index contributed by atoms with van der Waals surface area (Å²) in [6.45, 7) is 0. The van der Waals surface area contributed by atoms with Gasteiger partial charge in [0.05, 0.1) is 11.9 Å². The van der Waals surface area contributed by atoms with E-state index >= 15 is 0 Å². The first-order valence-electron chi connectivity index (χ1n) is 4.98. The van der Waals surface area contributed by atoms with Gasteiger partial charge >= 0.3 is 0 Å². The fraction of sp³-hybridized carbons (Fsp3) is 0. The standard InChI is InChI=1S/C13H12N2O/c16-13-8-4-5-11(9-13)10-14-15-12-6-2-1-3-7-12/h1-10,15-16H/b14-10-. The molecular formula is C13H12N2O. The Morgan fingerprint density at radius 1 is 1.00 bits per heavy atom. The first-order valence-corrected chi connectivity index (χ1v) is 4.98. The topological polar surface area (TPSA) is 44.6 Å². The largest absolute Gasteiger partial charge is 0.508 e. The molecule has 2 rings (SSSR count). The molecule has 0 aliphatic carbocycles. The quantitative estimate of drug-likeness (QED) is 0.607. The molecule has 0 radical (unpaired) electrons. The van der Waals surface area contributed by atoms with Gasteiger partial charge in [0.15, 0.2) is 0 Å². The number of hydrazone groups is 1. The molecule has 2 aromatic rings. The van der Waals surface area contributed by atoms with Crippen LogP contribution in [0.3, 0.4) is 0 Å². The lowest BCUT2D eigenvalue weighted by atomic mass is 10.2. The van der Waals surface area contributed by atoms with E-state index in [1.165, 1.54) is 0 Å². The smallest absolute Gasteiger partial charge is 0.116 e. The summed E-state index contributed by atoms with van der Waals surface area (Å²) < 4.78 is 0. The van der Waals surface area contributed by atoms with Gasteiger partial charge in [0.25, 0.3) is 0 Å². The van der Waals surface area contributed by atoms with Crippen LogP contribution in [0.4, 0.5) is 5.69 Å². The number of nitrogens with one attached hydrogen (secondary N) is 1. The Balaban J connectivity index is 2.00. The SMILES string of the molecule is Oc1cccc(/C=N\Nc2ccccc2)c1. The lowest BCUT2D eigenvalue weighted by Gasteiger charge is -1.98. The molecule has 80 valence electrons. The van der Waals surface area contributed by atoms with Gasteiger partial charge in [-0.05, 0) is 29.8 Å². The third-order valence-electron chi connectivity index (χ3n) is 2.05. The van der Waals surface area contributed by atoms with E-state index in [0.29, 0.717) is 0 Å². The number of hydrogen-bond donors (Lipinski definition) is 2. The lowest BCUT2D eigenvalue weighted by molar-refractivity contribution is 0.475. The number of phenols is 1. The Morgan fingerprint density at radius 2 is 1.81 bits per heavy atom. The predicted molar refractivity (Wildman–Crippen MR) is 65.8 cm³/mol. The molecule has 0 atom stereocenters. The van der Waals surface area contributed by atoms with E-state index in [0.717, 1.165) is 11.3 Å². The minimum absolute atomic E-state index is 0.240. The molecule has 2 N–H and O–H groups in total. The molecule has 0 bridgehead atoms. The average molecular weight is 212 g/mol. The van der Waals surface area contributed by atoms with Crippen LogP contribution in [0.2, 0.25) is 0 Å². The van der Waals surface area contributed by atoms with Gasteiger partial charge in [-0.2, -0.15) is 5.10 Å². The summed E-state index contributed by atoms with van der Waals surface area (Å²) in [6.07, 6.45) is 1.66. The van der Waals surface area contributed by atoms with Crippen molar-refractivity contribution in [3.8, 4) is 5.75 Å². The summed E-state index contributed by atoms with van der Waals surface area (Å²) in [4.78, 5) is 0. The van der Waals surface area contributed by atoms with Gasteiger partial charge in [-0.25, -0.2) is 0 Å². The van der Waals surface area contributed by atoms with Gasteiger partial charge in [-0.1, -0.05) is 30.3 Å². The molecule has 0 fully saturated rings. The second kappa shape index (κ2) is 4.98. The van der Waals surface area contributed by atoms with Gasteiger partial charge in [0, 0.05) is 0 Å². The third-order valence-corrected chi connectivity index (χ3v) is 2.05. The van der Waals surface area contributed by atoms with Gasteiger partial charge < -0.3 is 5.11 Å². The number of para-hydroxylation sites is 1. The van der Waals surface area contributed by atoms with E-state index in [4.69, 9.17) is 0 Å².